The van der Waals surface area contributed by atoms with Crippen molar-refractivity contribution in [3.05, 3.63) is 48.4 Å². The summed E-state index contributed by atoms with van der Waals surface area (Å²) in [7, 11) is -0.989. The molecule has 0 unspecified atom stereocenters. The van der Waals surface area contributed by atoms with E-state index >= 15 is 0 Å². The fourth-order valence-corrected chi connectivity index (χ4v) is 4.84. The van der Waals surface area contributed by atoms with Gasteiger partial charge in [-0.05, 0) is 55.8 Å². The summed E-state index contributed by atoms with van der Waals surface area (Å²) < 4.78 is 43.7. The molecule has 1 aromatic heterocycles. The lowest BCUT2D eigenvalue weighted by atomic mass is 10.2. The first-order valence-electron chi connectivity index (χ1n) is 10.8. The molecule has 2 heterocycles. The van der Waals surface area contributed by atoms with Crippen molar-refractivity contribution in [3.63, 3.8) is 0 Å². The number of sulfonamides is 1. The fourth-order valence-electron chi connectivity index (χ4n) is 3.70. The molecular weight excluding hydrogens is 460 g/mol. The standard InChI is InChI=1S/C23H26N4O6S/c1-4-32-17-9-7-16(8-10-17)23-24-21(33-25-23)15-26(2)34(29,30)18-11-12-20(31-3)19(14-18)27-13-5-6-22(27)28/h7-12,14H,4-6,13,15H2,1-3H3. The van der Waals surface area contributed by atoms with E-state index in [0.29, 0.717) is 43.3 Å². The molecular formula is C23H26N4O6S. The number of anilines is 1. The second-order valence-electron chi connectivity index (χ2n) is 7.71. The van der Waals surface area contributed by atoms with Crippen LogP contribution < -0.4 is 14.4 Å². The average Bonchev–Trinajstić information content (AvgIpc) is 3.48. The van der Waals surface area contributed by atoms with Crippen LogP contribution in [0.25, 0.3) is 11.4 Å². The van der Waals surface area contributed by atoms with E-state index in [2.05, 4.69) is 10.1 Å². The normalized spacial score (nSPS) is 14.1. The zero-order chi connectivity index (χ0) is 24.3. The van der Waals surface area contributed by atoms with Gasteiger partial charge in [0.2, 0.25) is 27.6 Å². The SMILES string of the molecule is CCOc1ccc(-c2noc(CN(C)S(=O)(=O)c3ccc(OC)c(N4CCCC4=O)c3)n2)cc1. The molecule has 11 heteroatoms. The Kier molecular flexibility index (Phi) is 6.85. The van der Waals surface area contributed by atoms with Crippen LogP contribution in [0.3, 0.4) is 0 Å². The lowest BCUT2D eigenvalue weighted by Gasteiger charge is -2.21. The molecule has 4 rings (SSSR count). The van der Waals surface area contributed by atoms with Crippen LogP contribution in [0.1, 0.15) is 25.7 Å². The molecule has 0 aliphatic carbocycles. The van der Waals surface area contributed by atoms with Gasteiger partial charge in [0.25, 0.3) is 0 Å². The van der Waals surface area contributed by atoms with Gasteiger partial charge in [-0.25, -0.2) is 8.42 Å². The van der Waals surface area contributed by atoms with E-state index in [1.165, 1.54) is 26.3 Å². The van der Waals surface area contributed by atoms with Crippen LogP contribution in [0.15, 0.2) is 51.9 Å². The molecule has 0 bridgehead atoms. The largest absolute Gasteiger partial charge is 0.495 e. The third-order valence-electron chi connectivity index (χ3n) is 5.47. The number of methoxy groups -OCH3 is 1. The van der Waals surface area contributed by atoms with Gasteiger partial charge in [-0.2, -0.15) is 9.29 Å². The molecule has 1 aliphatic rings. The van der Waals surface area contributed by atoms with E-state index < -0.39 is 10.0 Å². The van der Waals surface area contributed by atoms with Crippen molar-refractivity contribution in [2.24, 2.45) is 0 Å². The molecule has 1 aliphatic heterocycles. The molecule has 1 saturated heterocycles. The van der Waals surface area contributed by atoms with Crippen LogP contribution in [-0.2, 0) is 21.4 Å². The van der Waals surface area contributed by atoms with Crippen molar-refractivity contribution < 1.29 is 27.2 Å². The van der Waals surface area contributed by atoms with Crippen LogP contribution in [-0.4, -0.2) is 56.1 Å². The number of ether oxygens (including phenoxy) is 2. The number of carbonyl (C=O) groups is 1. The van der Waals surface area contributed by atoms with E-state index in [9.17, 15) is 13.2 Å². The highest BCUT2D eigenvalue weighted by Crippen LogP contribution is 2.34. The highest BCUT2D eigenvalue weighted by Gasteiger charge is 2.29. The van der Waals surface area contributed by atoms with Gasteiger partial charge in [0, 0.05) is 25.6 Å². The van der Waals surface area contributed by atoms with Gasteiger partial charge in [-0.1, -0.05) is 5.16 Å². The highest BCUT2D eigenvalue weighted by atomic mass is 32.2. The number of benzene rings is 2. The maximum Gasteiger partial charge on any atom is 0.243 e. The first-order chi connectivity index (χ1) is 16.3. The molecule has 2 aromatic carbocycles. The molecule has 34 heavy (non-hydrogen) atoms. The van der Waals surface area contributed by atoms with Crippen molar-refractivity contribution in [3.8, 4) is 22.9 Å². The molecule has 1 fully saturated rings. The lowest BCUT2D eigenvalue weighted by molar-refractivity contribution is -0.117. The second kappa shape index (κ2) is 9.82. The summed E-state index contributed by atoms with van der Waals surface area (Å²) in [6.07, 6.45) is 1.14. The van der Waals surface area contributed by atoms with Crippen LogP contribution >= 0.6 is 0 Å². The molecule has 180 valence electrons. The van der Waals surface area contributed by atoms with Crippen molar-refractivity contribution in [2.75, 3.05) is 32.2 Å². The maximum atomic E-state index is 13.2. The van der Waals surface area contributed by atoms with E-state index in [4.69, 9.17) is 14.0 Å². The fraction of sp³-hybridized carbons (Fsp3) is 0.348. The third-order valence-corrected chi connectivity index (χ3v) is 7.27. The van der Waals surface area contributed by atoms with E-state index in [1.54, 1.807) is 35.2 Å². The molecule has 1 amide bonds. The predicted octanol–water partition coefficient (Wildman–Crippen LogP) is 3.09. The van der Waals surface area contributed by atoms with Gasteiger partial charge in [0.1, 0.15) is 11.5 Å². The quantitative estimate of drug-likeness (QED) is 0.453. The van der Waals surface area contributed by atoms with Crippen LogP contribution in [0.5, 0.6) is 11.5 Å². The van der Waals surface area contributed by atoms with Gasteiger partial charge < -0.3 is 18.9 Å². The summed E-state index contributed by atoms with van der Waals surface area (Å²) in [6, 6.07) is 11.7. The monoisotopic (exact) mass is 486 g/mol. The van der Waals surface area contributed by atoms with Crippen LogP contribution in [0.4, 0.5) is 5.69 Å². The Morgan fingerprint density at radius 2 is 1.94 bits per heavy atom. The minimum absolute atomic E-state index is 0.0387. The molecule has 3 aromatic rings. The molecule has 10 nitrogen and oxygen atoms in total. The zero-order valence-electron chi connectivity index (χ0n) is 19.2. The zero-order valence-corrected chi connectivity index (χ0v) is 20.0. The Morgan fingerprint density at radius 1 is 1.18 bits per heavy atom. The Hall–Kier alpha value is -3.44. The molecule has 0 atom stereocenters. The minimum Gasteiger partial charge on any atom is -0.495 e. The van der Waals surface area contributed by atoms with Crippen LogP contribution in [0.2, 0.25) is 0 Å². The summed E-state index contributed by atoms with van der Waals surface area (Å²) in [5.41, 5.74) is 1.16. The van der Waals surface area contributed by atoms with Crippen molar-refractivity contribution >= 4 is 21.6 Å². The van der Waals surface area contributed by atoms with Crippen molar-refractivity contribution in [1.82, 2.24) is 14.4 Å². The summed E-state index contributed by atoms with van der Waals surface area (Å²) in [6.45, 7) is 2.88. The Labute approximate surface area is 198 Å². The predicted molar refractivity (Wildman–Crippen MR) is 124 cm³/mol. The summed E-state index contributed by atoms with van der Waals surface area (Å²) in [4.78, 5) is 18.1. The highest BCUT2D eigenvalue weighted by molar-refractivity contribution is 7.89. The average molecular weight is 487 g/mol. The second-order valence-corrected chi connectivity index (χ2v) is 9.76. The van der Waals surface area contributed by atoms with E-state index in [-0.39, 0.29) is 23.2 Å². The van der Waals surface area contributed by atoms with Gasteiger partial charge in [-0.3, -0.25) is 4.79 Å². The van der Waals surface area contributed by atoms with E-state index in [1.807, 2.05) is 6.92 Å². The van der Waals surface area contributed by atoms with Gasteiger partial charge in [-0.15, -0.1) is 0 Å². The van der Waals surface area contributed by atoms with Crippen molar-refractivity contribution in [1.29, 1.82) is 0 Å². The number of aromatic nitrogens is 2. The number of nitrogens with zero attached hydrogens (tertiary/aromatic N) is 4. The lowest BCUT2D eigenvalue weighted by Crippen LogP contribution is -2.28. The summed E-state index contributed by atoms with van der Waals surface area (Å²) in [5, 5.41) is 3.96. The number of rotatable bonds is 9. The van der Waals surface area contributed by atoms with Gasteiger partial charge >= 0.3 is 0 Å². The Morgan fingerprint density at radius 3 is 2.59 bits per heavy atom. The van der Waals surface area contributed by atoms with Gasteiger partial charge in [0.15, 0.2) is 0 Å². The molecule has 0 radical (unpaired) electrons. The van der Waals surface area contributed by atoms with Gasteiger partial charge in [0.05, 0.1) is 30.8 Å². The number of hydrogen-bond donors (Lipinski definition) is 0. The molecule has 0 saturated carbocycles. The first kappa shape index (κ1) is 23.7. The first-order valence-corrected chi connectivity index (χ1v) is 12.3. The number of carbonyl (C=O) groups excluding carboxylic acids is 1. The van der Waals surface area contributed by atoms with E-state index in [0.717, 1.165) is 15.6 Å². The van der Waals surface area contributed by atoms with Crippen molar-refractivity contribution in [2.45, 2.75) is 31.2 Å². The number of hydrogen-bond acceptors (Lipinski definition) is 8. The summed E-state index contributed by atoms with van der Waals surface area (Å²) >= 11 is 0. The molecule has 0 spiro atoms. The smallest absolute Gasteiger partial charge is 0.243 e. The molecule has 0 N–H and O–H groups in total. The third kappa shape index (κ3) is 4.75. The topological polar surface area (TPSA) is 115 Å². The Balaban J connectivity index is 1.53. The maximum absolute atomic E-state index is 13.2. The number of amides is 1. The Bertz CT molecular complexity index is 1270. The summed E-state index contributed by atoms with van der Waals surface area (Å²) in [5.74, 6) is 1.61. The van der Waals surface area contributed by atoms with Crippen LogP contribution in [0, 0.1) is 0 Å². The minimum atomic E-state index is -3.90.